The zero-order valence-electron chi connectivity index (χ0n) is 10.6. The Labute approximate surface area is 117 Å². The third-order valence-electron chi connectivity index (χ3n) is 2.65. The molecule has 0 radical (unpaired) electrons. The molecule has 2 rings (SSSR count). The SMILES string of the molecule is C=Cc1ccnc(C(=Cc2ccccc2)S(=O)(=O)O)c1. The van der Waals surface area contributed by atoms with Gasteiger partial charge in [0, 0.05) is 6.20 Å². The van der Waals surface area contributed by atoms with E-state index < -0.39 is 10.1 Å². The summed E-state index contributed by atoms with van der Waals surface area (Å²) < 4.78 is 32.5. The van der Waals surface area contributed by atoms with Crippen LogP contribution in [0.3, 0.4) is 0 Å². The van der Waals surface area contributed by atoms with Crippen molar-refractivity contribution in [3.63, 3.8) is 0 Å². The van der Waals surface area contributed by atoms with Crippen LogP contribution in [0.1, 0.15) is 16.8 Å². The lowest BCUT2D eigenvalue weighted by molar-refractivity contribution is 0.496. The summed E-state index contributed by atoms with van der Waals surface area (Å²) in [5.74, 6) is 0. The molecule has 0 aliphatic rings. The second-order valence-electron chi connectivity index (χ2n) is 4.07. The standard InChI is InChI=1S/C15H13NO3S/c1-2-12-8-9-16-14(10-12)15(20(17,18)19)11-13-6-4-3-5-7-13/h2-11H,1H2,(H,17,18,19). The quantitative estimate of drug-likeness (QED) is 0.877. The lowest BCUT2D eigenvalue weighted by Gasteiger charge is -2.05. The second kappa shape index (κ2) is 5.81. The van der Waals surface area contributed by atoms with Crippen molar-refractivity contribution in [3.05, 3.63) is 72.1 Å². The van der Waals surface area contributed by atoms with Crippen LogP contribution < -0.4 is 0 Å². The second-order valence-corrected chi connectivity index (χ2v) is 5.46. The zero-order chi connectivity index (χ0) is 14.6. The number of benzene rings is 1. The molecule has 0 saturated heterocycles. The highest BCUT2D eigenvalue weighted by molar-refractivity contribution is 7.95. The van der Waals surface area contributed by atoms with Gasteiger partial charge in [0.25, 0.3) is 10.1 Å². The number of rotatable bonds is 4. The fourth-order valence-corrected chi connectivity index (χ4v) is 2.35. The maximum Gasteiger partial charge on any atom is 0.296 e. The van der Waals surface area contributed by atoms with Crippen LogP contribution in [0.4, 0.5) is 0 Å². The molecule has 0 fully saturated rings. The number of nitrogens with zero attached hydrogens (tertiary/aromatic N) is 1. The first-order valence-electron chi connectivity index (χ1n) is 5.84. The van der Waals surface area contributed by atoms with Gasteiger partial charge in [-0.1, -0.05) is 43.0 Å². The zero-order valence-corrected chi connectivity index (χ0v) is 11.4. The Balaban J connectivity index is 2.60. The van der Waals surface area contributed by atoms with Crippen LogP contribution in [-0.2, 0) is 10.1 Å². The number of aromatic nitrogens is 1. The highest BCUT2D eigenvalue weighted by Gasteiger charge is 2.17. The van der Waals surface area contributed by atoms with E-state index in [-0.39, 0.29) is 10.6 Å². The summed E-state index contributed by atoms with van der Waals surface area (Å²) >= 11 is 0. The highest BCUT2D eigenvalue weighted by atomic mass is 32.2. The summed E-state index contributed by atoms with van der Waals surface area (Å²) in [5, 5.41) is 0. The highest BCUT2D eigenvalue weighted by Crippen LogP contribution is 2.22. The van der Waals surface area contributed by atoms with Crippen molar-refractivity contribution in [2.24, 2.45) is 0 Å². The number of pyridine rings is 1. The van der Waals surface area contributed by atoms with Gasteiger partial charge in [0.1, 0.15) is 4.91 Å². The topological polar surface area (TPSA) is 67.3 Å². The van der Waals surface area contributed by atoms with E-state index in [4.69, 9.17) is 0 Å². The van der Waals surface area contributed by atoms with Crippen molar-refractivity contribution < 1.29 is 13.0 Å². The van der Waals surface area contributed by atoms with E-state index in [0.29, 0.717) is 5.56 Å². The molecule has 1 aromatic carbocycles. The Bertz CT molecular complexity index is 750. The average Bonchev–Trinajstić information content (AvgIpc) is 2.45. The Morgan fingerprint density at radius 1 is 1.15 bits per heavy atom. The molecule has 0 spiro atoms. The smallest absolute Gasteiger partial charge is 0.282 e. The first kappa shape index (κ1) is 14.2. The van der Waals surface area contributed by atoms with Crippen molar-refractivity contribution in [2.45, 2.75) is 0 Å². The normalized spacial score (nSPS) is 12.2. The molecule has 0 atom stereocenters. The van der Waals surface area contributed by atoms with Crippen LogP contribution in [-0.4, -0.2) is 18.0 Å². The molecule has 0 aliphatic carbocycles. The van der Waals surface area contributed by atoms with Gasteiger partial charge in [0.2, 0.25) is 0 Å². The van der Waals surface area contributed by atoms with Crippen molar-refractivity contribution in [1.29, 1.82) is 0 Å². The van der Waals surface area contributed by atoms with E-state index in [1.165, 1.54) is 12.3 Å². The fourth-order valence-electron chi connectivity index (χ4n) is 1.69. The molecule has 0 saturated carbocycles. The van der Waals surface area contributed by atoms with Gasteiger partial charge in [-0.25, -0.2) is 0 Å². The molecule has 0 amide bonds. The summed E-state index contributed by atoms with van der Waals surface area (Å²) in [7, 11) is -4.38. The molecule has 5 heteroatoms. The van der Waals surface area contributed by atoms with E-state index in [1.54, 1.807) is 42.5 Å². The third-order valence-corrected chi connectivity index (χ3v) is 3.53. The average molecular weight is 287 g/mol. The minimum absolute atomic E-state index is 0.175. The molecule has 2 aromatic rings. The van der Waals surface area contributed by atoms with Gasteiger partial charge in [-0.2, -0.15) is 8.42 Å². The van der Waals surface area contributed by atoms with E-state index >= 15 is 0 Å². The fraction of sp³-hybridized carbons (Fsp3) is 0. The Hall–Kier alpha value is -2.24. The van der Waals surface area contributed by atoms with E-state index in [1.807, 2.05) is 6.07 Å². The summed E-state index contributed by atoms with van der Waals surface area (Å²) in [6.07, 6.45) is 4.43. The van der Waals surface area contributed by atoms with Gasteiger partial charge >= 0.3 is 0 Å². The largest absolute Gasteiger partial charge is 0.296 e. The Morgan fingerprint density at radius 3 is 2.45 bits per heavy atom. The van der Waals surface area contributed by atoms with Gasteiger partial charge in [-0.3, -0.25) is 9.54 Å². The summed E-state index contributed by atoms with van der Waals surface area (Å²) in [6.45, 7) is 3.62. The predicted molar refractivity (Wildman–Crippen MR) is 80.2 cm³/mol. The third kappa shape index (κ3) is 3.40. The molecule has 0 bridgehead atoms. The molecule has 20 heavy (non-hydrogen) atoms. The van der Waals surface area contributed by atoms with E-state index in [2.05, 4.69) is 11.6 Å². The van der Waals surface area contributed by atoms with Crippen LogP contribution in [0, 0.1) is 0 Å². The van der Waals surface area contributed by atoms with Gasteiger partial charge < -0.3 is 0 Å². The molecule has 102 valence electrons. The van der Waals surface area contributed by atoms with Gasteiger partial charge in [-0.05, 0) is 29.3 Å². The van der Waals surface area contributed by atoms with Gasteiger partial charge in [-0.15, -0.1) is 0 Å². The molecular formula is C15H13NO3S. The molecule has 1 N–H and O–H groups in total. The summed E-state index contributed by atoms with van der Waals surface area (Å²) in [4.78, 5) is 3.75. The number of hydrogen-bond donors (Lipinski definition) is 1. The van der Waals surface area contributed by atoms with E-state index in [0.717, 1.165) is 5.56 Å². The lowest BCUT2D eigenvalue weighted by Crippen LogP contribution is -2.03. The van der Waals surface area contributed by atoms with Crippen LogP contribution in [0.25, 0.3) is 17.1 Å². The van der Waals surface area contributed by atoms with Crippen LogP contribution in [0.2, 0.25) is 0 Å². The minimum atomic E-state index is -4.38. The lowest BCUT2D eigenvalue weighted by atomic mass is 10.1. The molecular weight excluding hydrogens is 274 g/mol. The number of hydrogen-bond acceptors (Lipinski definition) is 3. The monoisotopic (exact) mass is 287 g/mol. The van der Waals surface area contributed by atoms with Gasteiger partial charge in [0.05, 0.1) is 5.69 Å². The summed E-state index contributed by atoms with van der Waals surface area (Å²) in [6, 6.07) is 12.1. The first-order chi connectivity index (χ1) is 9.50. The Kier molecular flexibility index (Phi) is 4.12. The maximum atomic E-state index is 11.6. The first-order valence-corrected chi connectivity index (χ1v) is 7.28. The molecule has 4 nitrogen and oxygen atoms in total. The van der Waals surface area contributed by atoms with Crippen LogP contribution in [0.15, 0.2) is 55.2 Å². The van der Waals surface area contributed by atoms with Crippen molar-refractivity contribution in [2.75, 3.05) is 0 Å². The Morgan fingerprint density at radius 2 is 1.85 bits per heavy atom. The van der Waals surface area contributed by atoms with E-state index in [9.17, 15) is 13.0 Å². The van der Waals surface area contributed by atoms with Gasteiger partial charge in [0.15, 0.2) is 0 Å². The summed E-state index contributed by atoms with van der Waals surface area (Å²) in [5.41, 5.74) is 1.55. The predicted octanol–water partition coefficient (Wildman–Crippen LogP) is 3.11. The van der Waals surface area contributed by atoms with Crippen LogP contribution in [0.5, 0.6) is 0 Å². The molecule has 1 heterocycles. The molecule has 0 unspecified atom stereocenters. The van der Waals surface area contributed by atoms with Crippen LogP contribution >= 0.6 is 0 Å². The van der Waals surface area contributed by atoms with Crippen molar-refractivity contribution >= 4 is 27.2 Å². The van der Waals surface area contributed by atoms with Crippen molar-refractivity contribution in [3.8, 4) is 0 Å². The molecule has 0 aliphatic heterocycles. The maximum absolute atomic E-state index is 11.6. The van der Waals surface area contributed by atoms with Crippen molar-refractivity contribution in [1.82, 2.24) is 4.98 Å². The molecule has 1 aromatic heterocycles. The minimum Gasteiger partial charge on any atom is -0.282 e.